The summed E-state index contributed by atoms with van der Waals surface area (Å²) in [7, 11) is 0. The van der Waals surface area contributed by atoms with Crippen molar-refractivity contribution in [1.29, 1.82) is 0 Å². The molecule has 20 heavy (non-hydrogen) atoms. The Morgan fingerprint density at radius 1 is 1.35 bits per heavy atom. The molecule has 0 saturated heterocycles. The molecule has 1 amide bonds. The highest BCUT2D eigenvalue weighted by atomic mass is 16.6. The molecule has 1 aliphatic carbocycles. The number of hydrogen-bond donors (Lipinski definition) is 2. The standard InChI is InChI=1S/C15H23N3O2/c1-10-5-6-16-9-13(10)17-11-7-12(8-11)18-14(19)20-15(2,3)4/h5-6,9,11-12,17H,7-8H2,1-4H3,(H,18,19). The van der Waals surface area contributed by atoms with Gasteiger partial charge >= 0.3 is 6.09 Å². The molecular weight excluding hydrogens is 254 g/mol. The van der Waals surface area contributed by atoms with Gasteiger partial charge in [-0.15, -0.1) is 0 Å². The Labute approximate surface area is 120 Å². The van der Waals surface area contributed by atoms with Crippen molar-refractivity contribution < 1.29 is 9.53 Å². The van der Waals surface area contributed by atoms with E-state index in [1.54, 1.807) is 6.20 Å². The first-order chi connectivity index (χ1) is 9.33. The third kappa shape index (κ3) is 4.11. The van der Waals surface area contributed by atoms with E-state index >= 15 is 0 Å². The van der Waals surface area contributed by atoms with E-state index in [1.807, 2.05) is 33.0 Å². The van der Waals surface area contributed by atoms with Crippen LogP contribution in [0.5, 0.6) is 0 Å². The van der Waals surface area contributed by atoms with Gasteiger partial charge in [0.1, 0.15) is 5.60 Å². The predicted octanol–water partition coefficient (Wildman–Crippen LogP) is 2.86. The zero-order valence-corrected chi connectivity index (χ0v) is 12.6. The second-order valence-corrected chi connectivity index (χ2v) is 6.35. The van der Waals surface area contributed by atoms with E-state index in [1.165, 1.54) is 5.56 Å². The summed E-state index contributed by atoms with van der Waals surface area (Å²) >= 11 is 0. The fourth-order valence-corrected chi connectivity index (χ4v) is 2.16. The molecule has 110 valence electrons. The Hall–Kier alpha value is -1.78. The van der Waals surface area contributed by atoms with Gasteiger partial charge in [-0.25, -0.2) is 4.79 Å². The Morgan fingerprint density at radius 2 is 2.05 bits per heavy atom. The Kier molecular flexibility index (Phi) is 4.16. The molecule has 1 heterocycles. The van der Waals surface area contributed by atoms with Gasteiger partial charge in [-0.2, -0.15) is 0 Å². The maximum absolute atomic E-state index is 11.6. The van der Waals surface area contributed by atoms with Gasteiger partial charge in [-0.05, 0) is 52.2 Å². The summed E-state index contributed by atoms with van der Waals surface area (Å²) in [5, 5.41) is 6.33. The second kappa shape index (κ2) is 5.69. The van der Waals surface area contributed by atoms with E-state index in [2.05, 4.69) is 22.5 Å². The SMILES string of the molecule is Cc1ccncc1NC1CC(NC(=O)OC(C)(C)C)C1. The molecule has 0 bridgehead atoms. The third-order valence-electron chi connectivity index (χ3n) is 3.26. The summed E-state index contributed by atoms with van der Waals surface area (Å²) in [5.41, 5.74) is 1.80. The van der Waals surface area contributed by atoms with Crippen molar-refractivity contribution in [3.63, 3.8) is 0 Å². The number of hydrogen-bond acceptors (Lipinski definition) is 4. The van der Waals surface area contributed by atoms with Crippen molar-refractivity contribution in [1.82, 2.24) is 10.3 Å². The van der Waals surface area contributed by atoms with Gasteiger partial charge in [0.25, 0.3) is 0 Å². The molecule has 1 saturated carbocycles. The molecule has 2 N–H and O–H groups in total. The van der Waals surface area contributed by atoms with Crippen LogP contribution in [0, 0.1) is 6.92 Å². The summed E-state index contributed by atoms with van der Waals surface area (Å²) in [6.45, 7) is 7.65. The van der Waals surface area contributed by atoms with E-state index in [0.29, 0.717) is 6.04 Å². The highest BCUT2D eigenvalue weighted by molar-refractivity contribution is 5.68. The summed E-state index contributed by atoms with van der Waals surface area (Å²) < 4.78 is 5.24. The number of carbonyl (C=O) groups excluding carboxylic acids is 1. The first-order valence-corrected chi connectivity index (χ1v) is 7.00. The first kappa shape index (κ1) is 14.6. The number of pyridine rings is 1. The molecule has 0 spiro atoms. The Balaban J connectivity index is 1.73. The van der Waals surface area contributed by atoms with E-state index in [-0.39, 0.29) is 12.1 Å². The lowest BCUT2D eigenvalue weighted by Gasteiger charge is -2.37. The van der Waals surface area contributed by atoms with Crippen molar-refractivity contribution in [2.24, 2.45) is 0 Å². The monoisotopic (exact) mass is 277 g/mol. The zero-order chi connectivity index (χ0) is 14.8. The van der Waals surface area contributed by atoms with E-state index in [9.17, 15) is 4.79 Å². The molecule has 0 atom stereocenters. The number of rotatable bonds is 3. The van der Waals surface area contributed by atoms with Crippen molar-refractivity contribution in [3.8, 4) is 0 Å². The molecule has 2 rings (SSSR count). The largest absolute Gasteiger partial charge is 0.444 e. The summed E-state index contributed by atoms with van der Waals surface area (Å²) in [4.78, 5) is 15.7. The fraction of sp³-hybridized carbons (Fsp3) is 0.600. The third-order valence-corrected chi connectivity index (χ3v) is 3.26. The van der Waals surface area contributed by atoms with Crippen molar-refractivity contribution in [2.45, 2.75) is 58.2 Å². The van der Waals surface area contributed by atoms with Crippen molar-refractivity contribution in [3.05, 3.63) is 24.0 Å². The van der Waals surface area contributed by atoms with Gasteiger partial charge in [0.05, 0.1) is 11.9 Å². The fourth-order valence-electron chi connectivity index (χ4n) is 2.16. The average Bonchev–Trinajstić information content (AvgIpc) is 2.26. The molecule has 1 fully saturated rings. The topological polar surface area (TPSA) is 63.2 Å². The lowest BCUT2D eigenvalue weighted by molar-refractivity contribution is 0.0475. The maximum atomic E-state index is 11.6. The number of nitrogens with one attached hydrogen (secondary N) is 2. The minimum Gasteiger partial charge on any atom is -0.444 e. The molecule has 1 aromatic rings. The van der Waals surface area contributed by atoms with Crippen molar-refractivity contribution >= 4 is 11.8 Å². The molecular formula is C15H23N3O2. The first-order valence-electron chi connectivity index (χ1n) is 7.00. The van der Waals surface area contributed by atoms with Crippen LogP contribution in [-0.2, 0) is 4.74 Å². The molecule has 1 aromatic heterocycles. The number of aromatic nitrogens is 1. The molecule has 0 aromatic carbocycles. The number of amides is 1. The highest BCUT2D eigenvalue weighted by Crippen LogP contribution is 2.25. The van der Waals surface area contributed by atoms with E-state index in [4.69, 9.17) is 4.74 Å². The molecule has 0 radical (unpaired) electrons. The van der Waals surface area contributed by atoms with Gasteiger partial charge in [-0.3, -0.25) is 4.98 Å². The number of ether oxygens (including phenoxy) is 1. The van der Waals surface area contributed by atoms with E-state index < -0.39 is 5.60 Å². The van der Waals surface area contributed by atoms with Gasteiger partial charge in [-0.1, -0.05) is 0 Å². The summed E-state index contributed by atoms with van der Waals surface area (Å²) in [6, 6.07) is 2.56. The lowest BCUT2D eigenvalue weighted by atomic mass is 9.86. The average molecular weight is 277 g/mol. The quantitative estimate of drug-likeness (QED) is 0.891. The molecule has 0 unspecified atom stereocenters. The van der Waals surface area contributed by atoms with E-state index in [0.717, 1.165) is 18.5 Å². The smallest absolute Gasteiger partial charge is 0.407 e. The summed E-state index contributed by atoms with van der Waals surface area (Å²) in [5.74, 6) is 0. The zero-order valence-electron chi connectivity index (χ0n) is 12.6. The Morgan fingerprint density at radius 3 is 2.65 bits per heavy atom. The van der Waals surface area contributed by atoms with Gasteiger partial charge in [0, 0.05) is 18.3 Å². The summed E-state index contributed by atoms with van der Waals surface area (Å²) in [6.07, 6.45) is 5.11. The van der Waals surface area contributed by atoms with Crippen LogP contribution in [0.1, 0.15) is 39.2 Å². The molecule has 0 aliphatic heterocycles. The van der Waals surface area contributed by atoms with Crippen LogP contribution in [0.2, 0.25) is 0 Å². The number of nitrogens with zero attached hydrogens (tertiary/aromatic N) is 1. The van der Waals surface area contributed by atoms with Gasteiger partial charge < -0.3 is 15.4 Å². The van der Waals surface area contributed by atoms with Crippen LogP contribution in [0.15, 0.2) is 18.5 Å². The van der Waals surface area contributed by atoms with Crippen LogP contribution >= 0.6 is 0 Å². The van der Waals surface area contributed by atoms with Crippen LogP contribution in [0.3, 0.4) is 0 Å². The second-order valence-electron chi connectivity index (χ2n) is 6.35. The minimum atomic E-state index is -0.446. The van der Waals surface area contributed by atoms with Crippen LogP contribution in [0.4, 0.5) is 10.5 Å². The normalized spacial score (nSPS) is 21.8. The van der Waals surface area contributed by atoms with Gasteiger partial charge in [0.15, 0.2) is 0 Å². The van der Waals surface area contributed by atoms with Crippen LogP contribution in [0.25, 0.3) is 0 Å². The number of carbonyl (C=O) groups is 1. The highest BCUT2D eigenvalue weighted by Gasteiger charge is 2.31. The minimum absolute atomic E-state index is 0.194. The Bertz CT molecular complexity index is 476. The van der Waals surface area contributed by atoms with Gasteiger partial charge in [0.2, 0.25) is 0 Å². The van der Waals surface area contributed by atoms with Crippen LogP contribution in [-0.4, -0.2) is 28.8 Å². The number of alkyl carbamates (subject to hydrolysis) is 1. The number of aryl methyl sites for hydroxylation is 1. The number of anilines is 1. The molecule has 1 aliphatic rings. The molecule has 5 heteroatoms. The predicted molar refractivity (Wildman–Crippen MR) is 78.8 cm³/mol. The molecule has 5 nitrogen and oxygen atoms in total. The maximum Gasteiger partial charge on any atom is 0.407 e. The lowest BCUT2D eigenvalue weighted by Crippen LogP contribution is -2.50. The van der Waals surface area contributed by atoms with Crippen molar-refractivity contribution in [2.75, 3.05) is 5.32 Å². The van der Waals surface area contributed by atoms with Crippen LogP contribution < -0.4 is 10.6 Å².